The Morgan fingerprint density at radius 2 is 1.71 bits per heavy atom. The Labute approximate surface area is 127 Å². The fourth-order valence-corrected chi connectivity index (χ4v) is 9.24. The Morgan fingerprint density at radius 1 is 1.24 bits per heavy atom. The van der Waals surface area contributed by atoms with E-state index in [1.165, 1.54) is 0 Å². The molecule has 2 N–H and O–H groups in total. The maximum Gasteiger partial charge on any atom is 0.323 e. The van der Waals surface area contributed by atoms with Crippen molar-refractivity contribution in [1.29, 1.82) is 0 Å². The highest BCUT2D eigenvalue weighted by molar-refractivity contribution is 6.77. The summed E-state index contributed by atoms with van der Waals surface area (Å²) >= 11 is 0. The van der Waals surface area contributed by atoms with Crippen LogP contribution >= 0.6 is 0 Å². The molecule has 0 radical (unpaired) electrons. The van der Waals surface area contributed by atoms with Gasteiger partial charge in [-0.3, -0.25) is 10.1 Å². The second kappa shape index (κ2) is 6.88. The first-order valence-corrected chi connectivity index (χ1v) is 9.70. The van der Waals surface area contributed by atoms with Crippen LogP contribution in [0.15, 0.2) is 5.57 Å². The third-order valence-corrected chi connectivity index (χ3v) is 10.7. The number of carboxylic acids is 1. The van der Waals surface area contributed by atoms with Crippen LogP contribution < -0.4 is 5.32 Å². The Hall–Kier alpha value is -0.943. The van der Waals surface area contributed by atoms with Gasteiger partial charge in [-0.2, -0.15) is 0 Å². The molecule has 1 aliphatic heterocycles. The van der Waals surface area contributed by atoms with Crippen molar-refractivity contribution >= 4 is 20.2 Å². The monoisotopic (exact) mass is 313 g/mol. The van der Waals surface area contributed by atoms with Gasteiger partial charge >= 0.3 is 5.97 Å². The zero-order valence-corrected chi connectivity index (χ0v) is 14.8. The van der Waals surface area contributed by atoms with Gasteiger partial charge in [0.1, 0.15) is 18.1 Å². The summed E-state index contributed by atoms with van der Waals surface area (Å²) in [6.45, 7) is 13.0. The Bertz CT molecular complexity index is 419. The first kappa shape index (κ1) is 18.1. The summed E-state index contributed by atoms with van der Waals surface area (Å²) in [4.78, 5) is 22.5. The molecule has 2 unspecified atom stereocenters. The van der Waals surface area contributed by atoms with Gasteiger partial charge in [0.05, 0.1) is 5.57 Å². The molecule has 0 amide bonds. The maximum absolute atomic E-state index is 11.4. The second-order valence-electron chi connectivity index (χ2n) is 6.68. The van der Waals surface area contributed by atoms with Gasteiger partial charge in [-0.1, -0.05) is 41.5 Å². The molecule has 6 heteroatoms. The van der Waals surface area contributed by atoms with Crippen LogP contribution in [0.25, 0.3) is 0 Å². The van der Waals surface area contributed by atoms with Crippen molar-refractivity contribution in [2.75, 3.05) is 6.54 Å². The summed E-state index contributed by atoms with van der Waals surface area (Å²) in [5, 5.41) is 12.2. The van der Waals surface area contributed by atoms with Crippen LogP contribution in [0.5, 0.6) is 0 Å². The van der Waals surface area contributed by atoms with Crippen molar-refractivity contribution in [1.82, 2.24) is 5.32 Å². The lowest BCUT2D eigenvalue weighted by Crippen LogP contribution is -2.53. The minimum absolute atomic E-state index is 0.240. The van der Waals surface area contributed by atoms with Gasteiger partial charge in [0.15, 0.2) is 0 Å². The maximum atomic E-state index is 11.4. The molecular formula is C15H27NO4Si. The fraction of sp³-hybridized carbons (Fsp3) is 0.800. The predicted molar refractivity (Wildman–Crippen MR) is 84.6 cm³/mol. The van der Waals surface area contributed by atoms with E-state index < -0.39 is 26.4 Å². The van der Waals surface area contributed by atoms with E-state index in [0.29, 0.717) is 22.2 Å². The molecule has 1 rings (SSSR count). The Kier molecular flexibility index (Phi) is 5.93. The molecule has 21 heavy (non-hydrogen) atoms. The van der Waals surface area contributed by atoms with Crippen LogP contribution in [0, 0.1) is 0 Å². The van der Waals surface area contributed by atoms with Gasteiger partial charge in [0, 0.05) is 6.54 Å². The minimum Gasteiger partial charge on any atom is -0.480 e. The molecule has 0 saturated carbocycles. The standard InChI is InChI=1S/C15H27NO4Si/c1-9(2)21(10(3)4,11(5)6)20-14-12(8-17)7-16-13(14)15(18)19/h9-11,13-14,16H,7H2,1-6H3,(H,18,19). The number of aliphatic carboxylic acids is 1. The molecule has 0 aromatic heterocycles. The fourth-order valence-electron chi connectivity index (χ4n) is 3.71. The number of nitrogens with one attached hydrogen (secondary N) is 1. The lowest BCUT2D eigenvalue weighted by Gasteiger charge is -2.44. The third kappa shape index (κ3) is 3.29. The van der Waals surface area contributed by atoms with E-state index in [2.05, 4.69) is 46.9 Å². The highest BCUT2D eigenvalue weighted by Crippen LogP contribution is 2.44. The number of hydrogen-bond acceptors (Lipinski definition) is 4. The van der Waals surface area contributed by atoms with Crippen molar-refractivity contribution in [2.24, 2.45) is 0 Å². The largest absolute Gasteiger partial charge is 0.480 e. The summed E-state index contributed by atoms with van der Waals surface area (Å²) in [6.07, 6.45) is -0.695. The van der Waals surface area contributed by atoms with E-state index in [4.69, 9.17) is 4.43 Å². The molecule has 120 valence electrons. The smallest absolute Gasteiger partial charge is 0.323 e. The molecule has 1 saturated heterocycles. The van der Waals surface area contributed by atoms with E-state index >= 15 is 0 Å². The molecule has 2 atom stereocenters. The van der Waals surface area contributed by atoms with Gasteiger partial charge in [-0.25, -0.2) is 4.79 Å². The van der Waals surface area contributed by atoms with Crippen LogP contribution in [0.1, 0.15) is 41.5 Å². The van der Waals surface area contributed by atoms with E-state index in [1.807, 2.05) is 5.94 Å². The van der Waals surface area contributed by atoms with Crippen molar-refractivity contribution < 1.29 is 19.1 Å². The zero-order chi connectivity index (χ0) is 16.4. The van der Waals surface area contributed by atoms with Crippen LogP contribution in [0.2, 0.25) is 16.6 Å². The van der Waals surface area contributed by atoms with Crippen molar-refractivity contribution in [3.8, 4) is 0 Å². The van der Waals surface area contributed by atoms with Crippen LogP contribution in [-0.2, 0) is 14.0 Å². The first-order chi connectivity index (χ1) is 9.68. The van der Waals surface area contributed by atoms with Crippen molar-refractivity contribution in [2.45, 2.75) is 70.3 Å². The Balaban J connectivity index is 3.22. The molecule has 0 spiro atoms. The Morgan fingerprint density at radius 3 is 2.05 bits per heavy atom. The SMILES string of the molecule is CC(C)[Si](OC1C(=C=O)CNC1C(=O)O)(C(C)C)C(C)C. The quantitative estimate of drug-likeness (QED) is 0.581. The molecule has 0 aliphatic carbocycles. The molecule has 0 aromatic rings. The highest BCUT2D eigenvalue weighted by atomic mass is 28.4. The summed E-state index contributed by atoms with van der Waals surface area (Å²) < 4.78 is 6.46. The molecule has 1 fully saturated rings. The topological polar surface area (TPSA) is 75.6 Å². The van der Waals surface area contributed by atoms with Gasteiger partial charge in [0.2, 0.25) is 8.32 Å². The van der Waals surface area contributed by atoms with Gasteiger partial charge in [-0.05, 0) is 16.6 Å². The number of carboxylic acid groups (broad SMARTS) is 1. The lowest BCUT2D eigenvalue weighted by molar-refractivity contribution is -0.140. The molecule has 1 heterocycles. The van der Waals surface area contributed by atoms with E-state index in [-0.39, 0.29) is 6.54 Å². The average Bonchev–Trinajstić information content (AvgIpc) is 2.76. The van der Waals surface area contributed by atoms with E-state index in [9.17, 15) is 14.7 Å². The second-order valence-corrected chi connectivity index (χ2v) is 12.1. The minimum atomic E-state index is -2.24. The van der Waals surface area contributed by atoms with Crippen LogP contribution in [0.3, 0.4) is 0 Å². The number of hydrogen-bond donors (Lipinski definition) is 2. The number of rotatable bonds is 6. The number of carbonyl (C=O) groups is 1. The summed E-state index contributed by atoms with van der Waals surface area (Å²) in [6, 6.07) is -0.857. The van der Waals surface area contributed by atoms with Crippen molar-refractivity contribution in [3.63, 3.8) is 0 Å². The van der Waals surface area contributed by atoms with E-state index in [1.54, 1.807) is 0 Å². The summed E-state index contributed by atoms with van der Waals surface area (Å²) in [5.74, 6) is 0.894. The van der Waals surface area contributed by atoms with Gasteiger partial charge in [0.25, 0.3) is 0 Å². The third-order valence-electron chi connectivity index (χ3n) is 4.59. The van der Waals surface area contributed by atoms with E-state index in [0.717, 1.165) is 0 Å². The molecule has 0 aromatic carbocycles. The zero-order valence-electron chi connectivity index (χ0n) is 13.8. The highest BCUT2D eigenvalue weighted by Gasteiger charge is 2.50. The molecule has 5 nitrogen and oxygen atoms in total. The van der Waals surface area contributed by atoms with Gasteiger partial charge in [-0.15, -0.1) is 0 Å². The number of carbonyl (C=O) groups excluding carboxylic acids is 1. The summed E-state index contributed by atoms with van der Waals surface area (Å²) in [7, 11) is -2.24. The molecular weight excluding hydrogens is 286 g/mol. The average molecular weight is 313 g/mol. The normalized spacial score (nSPS) is 23.2. The molecule has 0 bridgehead atoms. The van der Waals surface area contributed by atoms with Crippen molar-refractivity contribution in [3.05, 3.63) is 5.57 Å². The first-order valence-electron chi connectivity index (χ1n) is 7.56. The van der Waals surface area contributed by atoms with Crippen LogP contribution in [-0.4, -0.2) is 44.0 Å². The summed E-state index contributed by atoms with van der Waals surface area (Å²) in [5.41, 5.74) is 1.39. The van der Waals surface area contributed by atoms with Gasteiger partial charge < -0.3 is 9.53 Å². The predicted octanol–water partition coefficient (Wildman–Crippen LogP) is 2.36. The molecule has 1 aliphatic rings. The van der Waals surface area contributed by atoms with Crippen LogP contribution in [0.4, 0.5) is 0 Å². The lowest BCUT2D eigenvalue weighted by atomic mass is 10.1.